The predicted octanol–water partition coefficient (Wildman–Crippen LogP) is 3.11. The van der Waals surface area contributed by atoms with E-state index in [4.69, 9.17) is 16.3 Å². The molecule has 3 aromatic heterocycles. The fraction of sp³-hybridized carbons (Fsp3) is 0.400. The molecule has 1 saturated heterocycles. The lowest BCUT2D eigenvalue weighted by atomic mass is 10.1. The second-order valence-corrected chi connectivity index (χ2v) is 8.27. The molecule has 148 valence electrons. The molecule has 8 nitrogen and oxygen atoms in total. The van der Waals surface area contributed by atoms with Gasteiger partial charge in [0.1, 0.15) is 6.33 Å². The number of nitrogens with zero attached hydrogens (tertiary/aromatic N) is 6. The average molecular weight is 411 g/mol. The molecule has 0 radical (unpaired) electrons. The summed E-state index contributed by atoms with van der Waals surface area (Å²) in [6, 6.07) is 5.56. The Kier molecular flexibility index (Phi) is 3.64. The Morgan fingerprint density at radius 2 is 2.07 bits per heavy atom. The molecule has 1 saturated carbocycles. The number of fused-ring (bicyclic) bond motifs is 3. The van der Waals surface area contributed by atoms with Gasteiger partial charge in [-0.15, -0.1) is 5.10 Å². The maximum Gasteiger partial charge on any atom is 0.279 e. The Morgan fingerprint density at radius 1 is 1.21 bits per heavy atom. The average Bonchev–Trinajstić information content (AvgIpc) is 3.11. The minimum atomic E-state index is -0.149. The molecule has 1 aliphatic heterocycles. The molecule has 4 heterocycles. The number of hydrogen-bond acceptors (Lipinski definition) is 5. The van der Waals surface area contributed by atoms with Gasteiger partial charge in [-0.3, -0.25) is 13.8 Å². The van der Waals surface area contributed by atoms with Gasteiger partial charge in [0.15, 0.2) is 11.3 Å². The molecular formula is C20H19ClN6O2. The number of para-hydroxylation sites is 1. The maximum atomic E-state index is 13.8. The third-order valence-electron chi connectivity index (χ3n) is 6.03. The smallest absolute Gasteiger partial charge is 0.279 e. The zero-order chi connectivity index (χ0) is 19.7. The molecule has 2 unspecified atom stereocenters. The Labute approximate surface area is 170 Å². The SMILES string of the molecule is CC1OCCC1n1c(=O)c2c(-n3cc(C4CC4)nn3)ncn2c2cccc(Cl)c21. The first-order valence-electron chi connectivity index (χ1n) is 9.87. The van der Waals surface area contributed by atoms with Gasteiger partial charge < -0.3 is 4.74 Å². The van der Waals surface area contributed by atoms with Crippen LogP contribution in [0.5, 0.6) is 0 Å². The maximum absolute atomic E-state index is 13.8. The summed E-state index contributed by atoms with van der Waals surface area (Å²) in [5.74, 6) is 0.960. The summed E-state index contributed by atoms with van der Waals surface area (Å²) in [5, 5.41) is 9.05. The summed E-state index contributed by atoms with van der Waals surface area (Å²) in [6.45, 7) is 2.61. The summed E-state index contributed by atoms with van der Waals surface area (Å²) in [7, 11) is 0. The molecule has 0 amide bonds. The number of halogens is 1. The molecule has 4 aromatic rings. The zero-order valence-corrected chi connectivity index (χ0v) is 16.6. The summed E-state index contributed by atoms with van der Waals surface area (Å²) in [6.07, 6.45) is 6.50. The molecule has 2 fully saturated rings. The lowest BCUT2D eigenvalue weighted by molar-refractivity contribution is 0.108. The van der Waals surface area contributed by atoms with E-state index in [2.05, 4.69) is 15.3 Å². The largest absolute Gasteiger partial charge is 0.376 e. The van der Waals surface area contributed by atoms with Crippen LogP contribution >= 0.6 is 11.6 Å². The van der Waals surface area contributed by atoms with Crippen molar-refractivity contribution in [3.05, 3.63) is 51.8 Å². The highest BCUT2D eigenvalue weighted by atomic mass is 35.5. The number of benzene rings is 1. The molecule has 9 heteroatoms. The molecule has 29 heavy (non-hydrogen) atoms. The van der Waals surface area contributed by atoms with Crippen LogP contribution in [-0.2, 0) is 4.74 Å². The molecule has 0 spiro atoms. The fourth-order valence-corrected chi connectivity index (χ4v) is 4.62. The van der Waals surface area contributed by atoms with Crippen molar-refractivity contribution in [1.29, 1.82) is 0 Å². The van der Waals surface area contributed by atoms with E-state index in [1.165, 1.54) is 0 Å². The zero-order valence-electron chi connectivity index (χ0n) is 15.8. The summed E-state index contributed by atoms with van der Waals surface area (Å²) in [5.41, 5.74) is 2.80. The third-order valence-corrected chi connectivity index (χ3v) is 6.33. The van der Waals surface area contributed by atoms with E-state index in [1.54, 1.807) is 20.0 Å². The topological polar surface area (TPSA) is 79.2 Å². The van der Waals surface area contributed by atoms with Crippen LogP contribution in [0.25, 0.3) is 22.4 Å². The third kappa shape index (κ3) is 2.49. The highest BCUT2D eigenvalue weighted by Gasteiger charge is 2.31. The van der Waals surface area contributed by atoms with E-state index in [0.29, 0.717) is 34.4 Å². The van der Waals surface area contributed by atoms with Crippen molar-refractivity contribution in [1.82, 2.24) is 28.9 Å². The lowest BCUT2D eigenvalue weighted by Gasteiger charge is -2.21. The van der Waals surface area contributed by atoms with Crippen molar-refractivity contribution in [3.8, 4) is 5.82 Å². The first kappa shape index (κ1) is 17.2. The standard InChI is InChI=1S/C20H19ClN6O2/c1-11-15(7-8-29-11)27-17-13(21)3-2-4-16(17)25-10-22-19(18(25)20(27)28)26-9-14(23-24-26)12-5-6-12/h2-4,9-12,15H,5-8H2,1H3. The quantitative estimate of drug-likeness (QED) is 0.518. The van der Waals surface area contributed by atoms with Crippen LogP contribution in [0.3, 0.4) is 0 Å². The van der Waals surface area contributed by atoms with Gasteiger partial charge in [-0.1, -0.05) is 22.9 Å². The van der Waals surface area contributed by atoms with Gasteiger partial charge in [0.05, 0.1) is 40.1 Å². The number of ether oxygens (including phenoxy) is 1. The summed E-state index contributed by atoms with van der Waals surface area (Å²) in [4.78, 5) is 18.3. The number of aromatic nitrogens is 6. The van der Waals surface area contributed by atoms with Crippen LogP contribution in [0.2, 0.25) is 5.02 Å². The Hall–Kier alpha value is -2.71. The van der Waals surface area contributed by atoms with Crippen molar-refractivity contribution in [3.63, 3.8) is 0 Å². The second kappa shape index (κ2) is 6.14. The van der Waals surface area contributed by atoms with E-state index in [1.807, 2.05) is 31.3 Å². The van der Waals surface area contributed by atoms with Gasteiger partial charge in [-0.25, -0.2) is 4.98 Å². The van der Waals surface area contributed by atoms with Gasteiger partial charge in [0.25, 0.3) is 5.56 Å². The van der Waals surface area contributed by atoms with Crippen LogP contribution in [0, 0.1) is 0 Å². The summed E-state index contributed by atoms with van der Waals surface area (Å²) < 4.78 is 11.0. The Bertz CT molecular complexity index is 1320. The van der Waals surface area contributed by atoms with Gasteiger partial charge in [-0.2, -0.15) is 4.68 Å². The van der Waals surface area contributed by atoms with Gasteiger partial charge in [0, 0.05) is 12.5 Å². The molecule has 1 aromatic carbocycles. The molecule has 6 rings (SSSR count). The van der Waals surface area contributed by atoms with Crippen LogP contribution in [0.4, 0.5) is 0 Å². The van der Waals surface area contributed by atoms with Gasteiger partial charge >= 0.3 is 0 Å². The van der Waals surface area contributed by atoms with Crippen molar-refractivity contribution in [2.75, 3.05) is 6.61 Å². The molecule has 2 atom stereocenters. The first-order valence-corrected chi connectivity index (χ1v) is 10.3. The van der Waals surface area contributed by atoms with Crippen LogP contribution in [-0.4, -0.2) is 41.7 Å². The minimum Gasteiger partial charge on any atom is -0.376 e. The normalized spacial score (nSPS) is 22.1. The van der Waals surface area contributed by atoms with E-state index in [0.717, 1.165) is 30.5 Å². The monoisotopic (exact) mass is 410 g/mol. The van der Waals surface area contributed by atoms with Crippen LogP contribution in [0.15, 0.2) is 35.5 Å². The molecule has 2 aliphatic rings. The van der Waals surface area contributed by atoms with E-state index in [-0.39, 0.29) is 17.7 Å². The predicted molar refractivity (Wildman–Crippen MR) is 108 cm³/mol. The van der Waals surface area contributed by atoms with Crippen molar-refractivity contribution < 1.29 is 4.74 Å². The number of rotatable bonds is 3. The van der Waals surface area contributed by atoms with E-state index >= 15 is 0 Å². The lowest BCUT2D eigenvalue weighted by Crippen LogP contribution is -2.31. The minimum absolute atomic E-state index is 0.0752. The van der Waals surface area contributed by atoms with Crippen LogP contribution < -0.4 is 5.56 Å². The van der Waals surface area contributed by atoms with Gasteiger partial charge in [-0.05, 0) is 38.3 Å². The summed E-state index contributed by atoms with van der Waals surface area (Å²) >= 11 is 6.57. The van der Waals surface area contributed by atoms with Crippen LogP contribution in [0.1, 0.15) is 43.8 Å². The van der Waals surface area contributed by atoms with Crippen molar-refractivity contribution >= 4 is 28.2 Å². The highest BCUT2D eigenvalue weighted by Crippen LogP contribution is 2.39. The number of hydrogen-bond donors (Lipinski definition) is 0. The fourth-order valence-electron chi connectivity index (χ4n) is 4.36. The molecule has 0 N–H and O–H groups in total. The van der Waals surface area contributed by atoms with E-state index < -0.39 is 0 Å². The Balaban J connectivity index is 1.68. The molecule has 0 bridgehead atoms. The molecular weight excluding hydrogens is 392 g/mol. The number of imidazole rings is 1. The van der Waals surface area contributed by atoms with Gasteiger partial charge in [0.2, 0.25) is 0 Å². The van der Waals surface area contributed by atoms with E-state index in [9.17, 15) is 4.79 Å². The first-order chi connectivity index (χ1) is 14.1. The Morgan fingerprint density at radius 3 is 2.83 bits per heavy atom. The van der Waals surface area contributed by atoms with Crippen molar-refractivity contribution in [2.45, 2.75) is 44.2 Å². The van der Waals surface area contributed by atoms with Crippen molar-refractivity contribution in [2.24, 2.45) is 0 Å². The molecule has 1 aliphatic carbocycles. The second-order valence-electron chi connectivity index (χ2n) is 7.86. The highest BCUT2D eigenvalue weighted by molar-refractivity contribution is 6.35.